The molecule has 0 bridgehead atoms. The minimum absolute atomic E-state index is 0.138. The van der Waals surface area contributed by atoms with Crippen molar-refractivity contribution in [2.45, 2.75) is 0 Å². The highest BCUT2D eigenvalue weighted by molar-refractivity contribution is 9.10. The van der Waals surface area contributed by atoms with Crippen LogP contribution in [0.1, 0.15) is 10.4 Å². The maximum absolute atomic E-state index is 11.5. The topological polar surface area (TPSA) is 110 Å². The maximum atomic E-state index is 11.5. The lowest BCUT2D eigenvalue weighted by molar-refractivity contribution is -0.135. The molecule has 0 aromatic carbocycles. The average Bonchev–Trinajstić information content (AvgIpc) is 2.37. The Balaban J connectivity index is 2.86. The van der Waals surface area contributed by atoms with E-state index in [0.717, 1.165) is 0 Å². The van der Waals surface area contributed by atoms with Crippen LogP contribution in [0.15, 0.2) is 4.60 Å². The molecule has 0 aliphatic carbocycles. The molecule has 15 heavy (non-hydrogen) atoms. The number of nitrogens with one attached hydrogen (secondary N) is 1. The first kappa shape index (κ1) is 11.5. The van der Waals surface area contributed by atoms with E-state index in [9.17, 15) is 9.59 Å². The first-order valence-corrected chi connectivity index (χ1v) is 4.70. The van der Waals surface area contributed by atoms with Gasteiger partial charge in [-0.3, -0.25) is 14.3 Å². The fourth-order valence-electron chi connectivity index (χ4n) is 0.957. The molecule has 1 aromatic rings. The van der Waals surface area contributed by atoms with Gasteiger partial charge in [0, 0.05) is 7.05 Å². The van der Waals surface area contributed by atoms with Gasteiger partial charge >= 0.3 is 5.97 Å². The van der Waals surface area contributed by atoms with Crippen LogP contribution in [0.3, 0.4) is 0 Å². The Labute approximate surface area is 93.4 Å². The number of nitrogen functional groups attached to an aromatic ring is 1. The number of rotatable bonds is 3. The first-order valence-electron chi connectivity index (χ1n) is 3.91. The molecule has 82 valence electrons. The van der Waals surface area contributed by atoms with Crippen molar-refractivity contribution in [3.63, 3.8) is 0 Å². The van der Waals surface area contributed by atoms with Crippen LogP contribution in [0.4, 0.5) is 5.82 Å². The number of anilines is 1. The van der Waals surface area contributed by atoms with E-state index in [1.165, 1.54) is 4.68 Å². The monoisotopic (exact) mass is 276 g/mol. The summed E-state index contributed by atoms with van der Waals surface area (Å²) in [5.41, 5.74) is 5.71. The molecule has 1 heterocycles. The maximum Gasteiger partial charge on any atom is 0.322 e. The van der Waals surface area contributed by atoms with Crippen molar-refractivity contribution < 1.29 is 14.7 Å². The number of carbonyl (C=O) groups is 2. The second-order valence-electron chi connectivity index (χ2n) is 2.75. The van der Waals surface area contributed by atoms with Crippen LogP contribution in [-0.4, -0.2) is 33.3 Å². The van der Waals surface area contributed by atoms with E-state index in [1.807, 2.05) is 0 Å². The SMILES string of the molecule is Cn1nc(Br)c(C(=O)NCC(=O)O)c1N. The van der Waals surface area contributed by atoms with Crippen LogP contribution in [0.25, 0.3) is 0 Å². The molecular formula is C7H9BrN4O3. The van der Waals surface area contributed by atoms with E-state index >= 15 is 0 Å². The number of hydrogen-bond donors (Lipinski definition) is 3. The molecule has 0 fully saturated rings. The summed E-state index contributed by atoms with van der Waals surface area (Å²) in [6, 6.07) is 0. The molecule has 1 aromatic heterocycles. The standard InChI is InChI=1S/C7H9BrN4O3/c1-12-6(9)4(5(8)11-12)7(15)10-2-3(13)14/h2,9H2,1H3,(H,10,15)(H,13,14). The van der Waals surface area contributed by atoms with Gasteiger partial charge in [0.25, 0.3) is 5.91 Å². The first-order chi connectivity index (χ1) is 6.93. The highest BCUT2D eigenvalue weighted by Crippen LogP contribution is 2.20. The van der Waals surface area contributed by atoms with E-state index < -0.39 is 18.4 Å². The number of amides is 1. The average molecular weight is 277 g/mol. The number of nitrogens with zero attached hydrogens (tertiary/aromatic N) is 2. The zero-order chi connectivity index (χ0) is 11.6. The third-order valence-corrected chi connectivity index (χ3v) is 2.23. The van der Waals surface area contributed by atoms with Crippen molar-refractivity contribution in [2.24, 2.45) is 7.05 Å². The number of carbonyl (C=O) groups excluding carboxylic acids is 1. The molecule has 0 saturated carbocycles. The fourth-order valence-corrected chi connectivity index (χ4v) is 1.58. The molecule has 0 aliphatic rings. The zero-order valence-corrected chi connectivity index (χ0v) is 9.41. The number of carboxylic acids is 1. The van der Waals surface area contributed by atoms with Gasteiger partial charge in [0.2, 0.25) is 0 Å². The second kappa shape index (κ2) is 4.30. The molecule has 4 N–H and O–H groups in total. The molecule has 0 radical (unpaired) electrons. The van der Waals surface area contributed by atoms with Gasteiger partial charge in [0.1, 0.15) is 22.5 Å². The van der Waals surface area contributed by atoms with Crippen molar-refractivity contribution in [1.82, 2.24) is 15.1 Å². The minimum Gasteiger partial charge on any atom is -0.480 e. The van der Waals surface area contributed by atoms with Gasteiger partial charge in [-0.05, 0) is 15.9 Å². The highest BCUT2D eigenvalue weighted by Gasteiger charge is 2.19. The van der Waals surface area contributed by atoms with Crippen molar-refractivity contribution in [3.8, 4) is 0 Å². The van der Waals surface area contributed by atoms with Gasteiger partial charge in [-0.25, -0.2) is 0 Å². The van der Waals surface area contributed by atoms with Gasteiger partial charge in [0.05, 0.1) is 0 Å². The number of aliphatic carboxylic acids is 1. The Bertz CT molecular complexity index is 415. The van der Waals surface area contributed by atoms with Crippen LogP contribution in [0, 0.1) is 0 Å². The summed E-state index contributed by atoms with van der Waals surface area (Å²) >= 11 is 3.06. The number of carboxylic acid groups (broad SMARTS) is 1. The van der Waals surface area contributed by atoms with Gasteiger partial charge in [-0.2, -0.15) is 5.10 Å². The summed E-state index contributed by atoms with van der Waals surface area (Å²) in [5.74, 6) is -1.53. The molecular weight excluding hydrogens is 268 g/mol. The largest absolute Gasteiger partial charge is 0.480 e. The zero-order valence-electron chi connectivity index (χ0n) is 7.82. The summed E-state index contributed by atoms with van der Waals surface area (Å²) in [4.78, 5) is 21.7. The number of aryl methyl sites for hydroxylation is 1. The third kappa shape index (κ3) is 2.46. The Morgan fingerprint density at radius 3 is 2.67 bits per heavy atom. The summed E-state index contributed by atoms with van der Waals surface area (Å²) in [7, 11) is 1.58. The Kier molecular flexibility index (Phi) is 3.30. The molecule has 0 saturated heterocycles. The quantitative estimate of drug-likeness (QED) is 0.695. The van der Waals surface area contributed by atoms with Crippen LogP contribution >= 0.6 is 15.9 Å². The predicted molar refractivity (Wildman–Crippen MR) is 55.3 cm³/mol. The number of aromatic nitrogens is 2. The van der Waals surface area contributed by atoms with Gasteiger partial charge < -0.3 is 16.2 Å². The number of nitrogens with two attached hydrogens (primary N) is 1. The lowest BCUT2D eigenvalue weighted by Crippen LogP contribution is -2.29. The molecule has 0 atom stereocenters. The summed E-state index contributed by atoms with van der Waals surface area (Å²) in [6.07, 6.45) is 0. The molecule has 1 amide bonds. The van der Waals surface area contributed by atoms with E-state index in [4.69, 9.17) is 10.8 Å². The highest BCUT2D eigenvalue weighted by atomic mass is 79.9. The van der Waals surface area contributed by atoms with Crippen molar-refractivity contribution in [2.75, 3.05) is 12.3 Å². The summed E-state index contributed by atoms with van der Waals surface area (Å²) in [6.45, 7) is -0.459. The van der Waals surface area contributed by atoms with Crippen molar-refractivity contribution in [3.05, 3.63) is 10.2 Å². The summed E-state index contributed by atoms with van der Waals surface area (Å²) in [5, 5.41) is 14.4. The van der Waals surface area contributed by atoms with E-state index in [2.05, 4.69) is 26.3 Å². The van der Waals surface area contributed by atoms with Crippen molar-refractivity contribution in [1.29, 1.82) is 0 Å². The Hall–Kier alpha value is -1.57. The molecule has 7 nitrogen and oxygen atoms in total. The smallest absolute Gasteiger partial charge is 0.322 e. The predicted octanol–water partition coefficient (Wildman–Crippen LogP) is -0.421. The molecule has 0 spiro atoms. The summed E-state index contributed by atoms with van der Waals surface area (Å²) < 4.78 is 1.60. The van der Waals surface area contributed by atoms with Crippen LogP contribution in [-0.2, 0) is 11.8 Å². The van der Waals surface area contributed by atoms with Crippen LogP contribution < -0.4 is 11.1 Å². The van der Waals surface area contributed by atoms with Crippen LogP contribution in [0.5, 0.6) is 0 Å². The van der Waals surface area contributed by atoms with E-state index in [1.54, 1.807) is 7.05 Å². The minimum atomic E-state index is -1.12. The molecule has 0 unspecified atom stereocenters. The molecule has 8 heteroatoms. The van der Waals surface area contributed by atoms with Gasteiger partial charge in [-0.1, -0.05) is 0 Å². The van der Waals surface area contributed by atoms with Crippen LogP contribution in [0.2, 0.25) is 0 Å². The van der Waals surface area contributed by atoms with E-state index in [-0.39, 0.29) is 16.0 Å². The molecule has 1 rings (SSSR count). The third-order valence-electron chi connectivity index (χ3n) is 1.68. The Morgan fingerprint density at radius 2 is 2.27 bits per heavy atom. The normalized spacial score (nSPS) is 10.0. The number of halogens is 1. The van der Waals surface area contributed by atoms with Gasteiger partial charge in [0.15, 0.2) is 0 Å². The van der Waals surface area contributed by atoms with Gasteiger partial charge in [-0.15, -0.1) is 0 Å². The molecule has 0 aliphatic heterocycles. The number of hydrogen-bond acceptors (Lipinski definition) is 4. The van der Waals surface area contributed by atoms with E-state index in [0.29, 0.717) is 0 Å². The fraction of sp³-hybridized carbons (Fsp3) is 0.286. The lowest BCUT2D eigenvalue weighted by Gasteiger charge is -2.01. The van der Waals surface area contributed by atoms with Crippen molar-refractivity contribution >= 4 is 33.6 Å². The second-order valence-corrected chi connectivity index (χ2v) is 3.50. The lowest BCUT2D eigenvalue weighted by atomic mass is 10.3. The Morgan fingerprint density at radius 1 is 1.67 bits per heavy atom.